The van der Waals surface area contributed by atoms with E-state index < -0.39 is 10.8 Å². The van der Waals surface area contributed by atoms with Crippen LogP contribution in [0.15, 0.2) is 42.6 Å². The van der Waals surface area contributed by atoms with Crippen LogP contribution in [0.1, 0.15) is 23.7 Å². The van der Waals surface area contributed by atoms with Crippen LogP contribution in [0.3, 0.4) is 0 Å². The zero-order chi connectivity index (χ0) is 20.3. The Morgan fingerprint density at radius 2 is 2.00 bits per heavy atom. The fourth-order valence-corrected chi connectivity index (χ4v) is 2.84. The molecular formula is C19H22N6O3. The molecular weight excluding hydrogens is 360 g/mol. The second kappa shape index (κ2) is 8.03. The van der Waals surface area contributed by atoms with E-state index in [0.717, 1.165) is 5.56 Å². The molecule has 0 saturated heterocycles. The quantitative estimate of drug-likeness (QED) is 0.499. The highest BCUT2D eigenvalue weighted by molar-refractivity contribution is 5.91. The molecule has 1 aromatic carbocycles. The maximum Gasteiger partial charge on any atom is 0.390 e. The lowest BCUT2D eigenvalue weighted by atomic mass is 10.1. The zero-order valence-corrected chi connectivity index (χ0v) is 16.0. The van der Waals surface area contributed by atoms with Gasteiger partial charge in [-0.3, -0.25) is 9.48 Å². The standard InChI is InChI=1S/C19H22N6O3/c1-13-6-4-5-7-16(13)12-23-9-8-17(21-23)20-19(26)14(2)11-24-15(3)10-18(22-24)25(27)28/h4-10,14H,11-12H2,1-3H3,(H,20,21,26). The minimum atomic E-state index is -0.546. The van der Waals surface area contributed by atoms with E-state index in [9.17, 15) is 14.9 Å². The molecule has 0 aliphatic rings. The monoisotopic (exact) mass is 382 g/mol. The Balaban J connectivity index is 1.61. The van der Waals surface area contributed by atoms with Crippen LogP contribution >= 0.6 is 0 Å². The predicted octanol–water partition coefficient (Wildman–Crippen LogP) is 2.93. The average Bonchev–Trinajstić information content (AvgIpc) is 3.24. The molecule has 28 heavy (non-hydrogen) atoms. The van der Waals surface area contributed by atoms with Crippen LogP contribution in [-0.2, 0) is 17.9 Å². The largest absolute Gasteiger partial charge is 0.390 e. The van der Waals surface area contributed by atoms with Crippen molar-refractivity contribution in [2.24, 2.45) is 5.92 Å². The van der Waals surface area contributed by atoms with E-state index in [2.05, 4.69) is 15.5 Å². The van der Waals surface area contributed by atoms with Crippen LogP contribution < -0.4 is 5.32 Å². The van der Waals surface area contributed by atoms with E-state index in [-0.39, 0.29) is 18.3 Å². The Morgan fingerprint density at radius 1 is 1.25 bits per heavy atom. The van der Waals surface area contributed by atoms with Crippen molar-refractivity contribution >= 4 is 17.5 Å². The molecule has 3 rings (SSSR count). The smallest absolute Gasteiger partial charge is 0.358 e. The second-order valence-electron chi connectivity index (χ2n) is 6.80. The first-order valence-corrected chi connectivity index (χ1v) is 8.91. The van der Waals surface area contributed by atoms with Crippen LogP contribution in [0.25, 0.3) is 0 Å². The van der Waals surface area contributed by atoms with Crippen LogP contribution in [0.5, 0.6) is 0 Å². The predicted molar refractivity (Wildman–Crippen MR) is 104 cm³/mol. The Bertz CT molecular complexity index is 1010. The summed E-state index contributed by atoms with van der Waals surface area (Å²) in [6, 6.07) is 11.2. The van der Waals surface area contributed by atoms with Gasteiger partial charge in [0.25, 0.3) is 0 Å². The van der Waals surface area contributed by atoms with E-state index in [4.69, 9.17) is 0 Å². The number of carbonyl (C=O) groups is 1. The van der Waals surface area contributed by atoms with Gasteiger partial charge in [-0.05, 0) is 29.9 Å². The first-order valence-electron chi connectivity index (χ1n) is 8.91. The van der Waals surface area contributed by atoms with Crippen molar-refractivity contribution in [3.8, 4) is 0 Å². The van der Waals surface area contributed by atoms with E-state index in [1.54, 1.807) is 24.6 Å². The second-order valence-corrected chi connectivity index (χ2v) is 6.80. The minimum Gasteiger partial charge on any atom is -0.358 e. The molecule has 9 nitrogen and oxygen atoms in total. The van der Waals surface area contributed by atoms with Crippen molar-refractivity contribution in [3.05, 3.63) is 69.5 Å². The van der Waals surface area contributed by atoms with Crippen LogP contribution in [0, 0.1) is 29.9 Å². The molecule has 3 aromatic rings. The van der Waals surface area contributed by atoms with Crippen LogP contribution in [0.2, 0.25) is 0 Å². The summed E-state index contributed by atoms with van der Waals surface area (Å²) in [6.07, 6.45) is 1.81. The van der Waals surface area contributed by atoms with Gasteiger partial charge in [-0.15, -0.1) is 0 Å². The molecule has 1 atom stereocenters. The van der Waals surface area contributed by atoms with Crippen molar-refractivity contribution in [2.75, 3.05) is 5.32 Å². The third kappa shape index (κ3) is 4.43. The van der Waals surface area contributed by atoms with E-state index in [1.165, 1.54) is 16.3 Å². The van der Waals surface area contributed by atoms with Crippen molar-refractivity contribution in [1.82, 2.24) is 19.6 Å². The highest BCUT2D eigenvalue weighted by Crippen LogP contribution is 2.15. The number of benzene rings is 1. The molecule has 0 radical (unpaired) electrons. The Labute approximate surface area is 162 Å². The number of aromatic nitrogens is 4. The maximum atomic E-state index is 12.5. The summed E-state index contributed by atoms with van der Waals surface area (Å²) in [5.41, 5.74) is 2.97. The van der Waals surface area contributed by atoms with Crippen LogP contribution in [0.4, 0.5) is 11.6 Å². The molecule has 0 aliphatic carbocycles. The Kier molecular flexibility index (Phi) is 5.53. The number of amides is 1. The number of anilines is 1. The van der Waals surface area contributed by atoms with Gasteiger partial charge in [0.05, 0.1) is 35.9 Å². The molecule has 0 fully saturated rings. The van der Waals surface area contributed by atoms with Crippen molar-refractivity contribution in [2.45, 2.75) is 33.9 Å². The highest BCUT2D eigenvalue weighted by Gasteiger charge is 2.21. The fourth-order valence-electron chi connectivity index (χ4n) is 2.84. The van der Waals surface area contributed by atoms with Gasteiger partial charge in [-0.25, -0.2) is 0 Å². The number of hydrogen-bond donors (Lipinski definition) is 1. The summed E-state index contributed by atoms with van der Waals surface area (Å²) in [4.78, 5) is 22.7. The molecule has 0 saturated carbocycles. The molecule has 1 unspecified atom stereocenters. The fraction of sp³-hybridized carbons (Fsp3) is 0.316. The molecule has 0 spiro atoms. The maximum absolute atomic E-state index is 12.5. The molecule has 2 aromatic heterocycles. The lowest BCUT2D eigenvalue weighted by molar-refractivity contribution is -0.389. The Hall–Kier alpha value is -3.49. The minimum absolute atomic E-state index is 0.222. The van der Waals surface area contributed by atoms with Crippen molar-refractivity contribution in [1.29, 1.82) is 0 Å². The summed E-state index contributed by atoms with van der Waals surface area (Å²) >= 11 is 0. The van der Waals surface area contributed by atoms with E-state index in [0.29, 0.717) is 18.1 Å². The van der Waals surface area contributed by atoms with Gasteiger partial charge in [0.2, 0.25) is 5.91 Å². The van der Waals surface area contributed by atoms with Gasteiger partial charge in [0.15, 0.2) is 5.82 Å². The third-order valence-corrected chi connectivity index (χ3v) is 4.54. The van der Waals surface area contributed by atoms with Gasteiger partial charge in [-0.1, -0.05) is 31.2 Å². The lowest BCUT2D eigenvalue weighted by Gasteiger charge is -2.10. The molecule has 0 aliphatic heterocycles. The van der Waals surface area contributed by atoms with Crippen molar-refractivity contribution in [3.63, 3.8) is 0 Å². The first kappa shape index (κ1) is 19.3. The highest BCUT2D eigenvalue weighted by atomic mass is 16.6. The van der Waals surface area contributed by atoms with Crippen LogP contribution in [-0.4, -0.2) is 30.4 Å². The van der Waals surface area contributed by atoms with Gasteiger partial charge >= 0.3 is 5.82 Å². The number of nitrogens with zero attached hydrogens (tertiary/aromatic N) is 5. The molecule has 9 heteroatoms. The van der Waals surface area contributed by atoms with Gasteiger partial charge in [-0.2, -0.15) is 9.78 Å². The summed E-state index contributed by atoms with van der Waals surface area (Å²) in [7, 11) is 0. The number of hydrogen-bond acceptors (Lipinski definition) is 5. The summed E-state index contributed by atoms with van der Waals surface area (Å²) in [6.45, 7) is 6.37. The molecule has 1 N–H and O–H groups in total. The third-order valence-electron chi connectivity index (χ3n) is 4.54. The number of aryl methyl sites for hydroxylation is 2. The average molecular weight is 382 g/mol. The van der Waals surface area contributed by atoms with Crippen molar-refractivity contribution < 1.29 is 9.72 Å². The topological polar surface area (TPSA) is 108 Å². The molecule has 1 amide bonds. The van der Waals surface area contributed by atoms with Gasteiger partial charge in [0.1, 0.15) is 0 Å². The summed E-state index contributed by atoms with van der Waals surface area (Å²) in [5.74, 6) is -0.410. The number of nitro groups is 1. The van der Waals surface area contributed by atoms with Gasteiger partial charge in [0, 0.05) is 12.3 Å². The number of carbonyl (C=O) groups excluding carboxylic acids is 1. The van der Waals surface area contributed by atoms with E-state index in [1.807, 2.05) is 37.4 Å². The Morgan fingerprint density at radius 3 is 2.68 bits per heavy atom. The molecule has 146 valence electrons. The SMILES string of the molecule is Cc1ccccc1Cn1ccc(NC(=O)C(C)Cn2nc([N+](=O)[O-])cc2C)n1. The normalized spacial score (nSPS) is 12.0. The van der Waals surface area contributed by atoms with E-state index >= 15 is 0 Å². The number of nitrogens with one attached hydrogen (secondary N) is 1. The summed E-state index contributed by atoms with van der Waals surface area (Å²) in [5, 5.41) is 21.9. The molecule has 2 heterocycles. The lowest BCUT2D eigenvalue weighted by Crippen LogP contribution is -2.25. The van der Waals surface area contributed by atoms with Gasteiger partial charge < -0.3 is 15.4 Å². The molecule has 0 bridgehead atoms. The zero-order valence-electron chi connectivity index (χ0n) is 16.0. The summed E-state index contributed by atoms with van der Waals surface area (Å²) < 4.78 is 3.24. The number of rotatable bonds is 7. The first-order chi connectivity index (χ1) is 13.3.